The van der Waals surface area contributed by atoms with Crippen molar-refractivity contribution in [1.82, 2.24) is 9.97 Å². The average molecular weight is 221 g/mol. The Balaban J connectivity index is 1.96. The van der Waals surface area contributed by atoms with Crippen molar-refractivity contribution in [2.45, 2.75) is 33.3 Å². The molecule has 1 aliphatic heterocycles. The lowest BCUT2D eigenvalue weighted by Crippen LogP contribution is -2.21. The number of hydrogen-bond donors (Lipinski definition) is 1. The first-order valence-corrected chi connectivity index (χ1v) is 5.82. The van der Waals surface area contributed by atoms with Gasteiger partial charge in [0, 0.05) is 25.3 Å². The zero-order valence-electron chi connectivity index (χ0n) is 10.2. The molecule has 0 amide bonds. The third-order valence-corrected chi connectivity index (χ3v) is 3.14. The van der Waals surface area contributed by atoms with Crippen LogP contribution in [0.15, 0.2) is 6.20 Å². The van der Waals surface area contributed by atoms with E-state index >= 15 is 0 Å². The molecular weight excluding hydrogens is 202 g/mol. The molecular formula is C12H19N3O. The van der Waals surface area contributed by atoms with Crippen molar-refractivity contribution in [3.63, 3.8) is 0 Å². The normalized spacial score (nSPS) is 24.7. The molecule has 1 N–H and O–H groups in total. The molecule has 0 saturated carbocycles. The molecule has 2 rings (SSSR count). The van der Waals surface area contributed by atoms with Crippen LogP contribution in [0, 0.1) is 19.8 Å². The first-order chi connectivity index (χ1) is 7.66. The molecule has 88 valence electrons. The van der Waals surface area contributed by atoms with E-state index in [9.17, 15) is 0 Å². The lowest BCUT2D eigenvalue weighted by Gasteiger charge is -2.16. The second kappa shape index (κ2) is 4.78. The molecule has 0 spiro atoms. The predicted molar refractivity (Wildman–Crippen MR) is 63.5 cm³/mol. The van der Waals surface area contributed by atoms with Gasteiger partial charge in [0.25, 0.3) is 0 Å². The molecule has 1 aromatic heterocycles. The summed E-state index contributed by atoms with van der Waals surface area (Å²) in [7, 11) is 0. The highest BCUT2D eigenvalue weighted by Crippen LogP contribution is 2.21. The Morgan fingerprint density at radius 3 is 3.00 bits per heavy atom. The quantitative estimate of drug-likeness (QED) is 0.847. The maximum atomic E-state index is 5.53. The van der Waals surface area contributed by atoms with Crippen LogP contribution in [0.2, 0.25) is 0 Å². The molecule has 1 aliphatic rings. The summed E-state index contributed by atoms with van der Waals surface area (Å²) in [5, 5.41) is 3.37. The van der Waals surface area contributed by atoms with Crippen LogP contribution in [0.25, 0.3) is 0 Å². The van der Waals surface area contributed by atoms with E-state index in [1.54, 1.807) is 6.20 Å². The van der Waals surface area contributed by atoms with Crippen molar-refractivity contribution in [3.8, 4) is 0 Å². The van der Waals surface area contributed by atoms with Crippen molar-refractivity contribution in [1.29, 1.82) is 0 Å². The summed E-state index contributed by atoms with van der Waals surface area (Å²) < 4.78 is 5.53. The van der Waals surface area contributed by atoms with E-state index in [2.05, 4.69) is 22.2 Å². The van der Waals surface area contributed by atoms with Crippen molar-refractivity contribution < 1.29 is 4.74 Å². The standard InChI is InChI=1S/C12H19N3O/c1-8-6-13-9(2)12(15-8)14-7-11-4-5-16-10(11)3/h6,10-11H,4-5,7H2,1-3H3,(H,14,15). The zero-order valence-corrected chi connectivity index (χ0v) is 10.2. The lowest BCUT2D eigenvalue weighted by atomic mass is 10.0. The van der Waals surface area contributed by atoms with Crippen LogP contribution in [0.3, 0.4) is 0 Å². The first-order valence-electron chi connectivity index (χ1n) is 5.82. The van der Waals surface area contributed by atoms with Gasteiger partial charge in [0.2, 0.25) is 0 Å². The van der Waals surface area contributed by atoms with E-state index in [1.807, 2.05) is 13.8 Å². The molecule has 2 atom stereocenters. The van der Waals surface area contributed by atoms with Crippen LogP contribution in [0.1, 0.15) is 24.7 Å². The molecule has 0 aliphatic carbocycles. The van der Waals surface area contributed by atoms with Crippen molar-refractivity contribution >= 4 is 5.82 Å². The maximum absolute atomic E-state index is 5.53. The molecule has 4 nitrogen and oxygen atoms in total. The minimum Gasteiger partial charge on any atom is -0.378 e. The Labute approximate surface area is 96.4 Å². The molecule has 2 heterocycles. The second-order valence-corrected chi connectivity index (χ2v) is 4.45. The van der Waals surface area contributed by atoms with Gasteiger partial charge in [-0.1, -0.05) is 0 Å². The van der Waals surface area contributed by atoms with Gasteiger partial charge in [0.15, 0.2) is 0 Å². The van der Waals surface area contributed by atoms with Gasteiger partial charge in [0.1, 0.15) is 5.82 Å². The Kier molecular flexibility index (Phi) is 3.39. The highest BCUT2D eigenvalue weighted by molar-refractivity contribution is 5.39. The summed E-state index contributed by atoms with van der Waals surface area (Å²) in [4.78, 5) is 8.73. The van der Waals surface area contributed by atoms with Gasteiger partial charge >= 0.3 is 0 Å². The Morgan fingerprint density at radius 2 is 2.31 bits per heavy atom. The summed E-state index contributed by atoms with van der Waals surface area (Å²) in [6.07, 6.45) is 3.28. The molecule has 1 fully saturated rings. The number of ether oxygens (including phenoxy) is 1. The third kappa shape index (κ3) is 2.50. The van der Waals surface area contributed by atoms with E-state index in [0.717, 1.165) is 36.8 Å². The summed E-state index contributed by atoms with van der Waals surface area (Å²) in [5.41, 5.74) is 1.90. The monoisotopic (exact) mass is 221 g/mol. The van der Waals surface area contributed by atoms with E-state index in [0.29, 0.717) is 12.0 Å². The van der Waals surface area contributed by atoms with Gasteiger partial charge in [0.05, 0.1) is 17.5 Å². The van der Waals surface area contributed by atoms with Gasteiger partial charge in [-0.2, -0.15) is 0 Å². The minimum absolute atomic E-state index is 0.352. The fourth-order valence-electron chi connectivity index (χ4n) is 1.98. The molecule has 0 bridgehead atoms. The molecule has 1 aromatic rings. The maximum Gasteiger partial charge on any atom is 0.147 e. The number of aromatic nitrogens is 2. The second-order valence-electron chi connectivity index (χ2n) is 4.45. The topological polar surface area (TPSA) is 47.0 Å². The van der Waals surface area contributed by atoms with E-state index in [-0.39, 0.29) is 0 Å². The predicted octanol–water partition coefficient (Wildman–Crippen LogP) is 1.93. The summed E-state index contributed by atoms with van der Waals surface area (Å²) in [6, 6.07) is 0. The van der Waals surface area contributed by atoms with Crippen LogP contribution >= 0.6 is 0 Å². The zero-order chi connectivity index (χ0) is 11.5. The van der Waals surface area contributed by atoms with Gasteiger partial charge in [-0.3, -0.25) is 4.98 Å². The highest BCUT2D eigenvalue weighted by Gasteiger charge is 2.23. The fourth-order valence-corrected chi connectivity index (χ4v) is 1.98. The van der Waals surface area contributed by atoms with Gasteiger partial charge in [-0.15, -0.1) is 0 Å². The summed E-state index contributed by atoms with van der Waals surface area (Å²) >= 11 is 0. The summed E-state index contributed by atoms with van der Waals surface area (Å²) in [5.74, 6) is 1.49. The smallest absolute Gasteiger partial charge is 0.147 e. The molecule has 1 saturated heterocycles. The van der Waals surface area contributed by atoms with Gasteiger partial charge in [-0.05, 0) is 27.2 Å². The van der Waals surface area contributed by atoms with Gasteiger partial charge in [-0.25, -0.2) is 4.98 Å². The van der Waals surface area contributed by atoms with E-state index in [4.69, 9.17) is 4.74 Å². The molecule has 0 radical (unpaired) electrons. The highest BCUT2D eigenvalue weighted by atomic mass is 16.5. The number of hydrogen-bond acceptors (Lipinski definition) is 4. The number of nitrogens with one attached hydrogen (secondary N) is 1. The summed E-state index contributed by atoms with van der Waals surface area (Å²) in [6.45, 7) is 7.86. The number of anilines is 1. The fraction of sp³-hybridized carbons (Fsp3) is 0.667. The average Bonchev–Trinajstić information content (AvgIpc) is 2.66. The van der Waals surface area contributed by atoms with Crippen LogP contribution in [0.5, 0.6) is 0 Å². The van der Waals surface area contributed by atoms with Gasteiger partial charge < -0.3 is 10.1 Å². The van der Waals surface area contributed by atoms with E-state index < -0.39 is 0 Å². The molecule has 0 aromatic carbocycles. The van der Waals surface area contributed by atoms with Crippen molar-refractivity contribution in [2.24, 2.45) is 5.92 Å². The van der Waals surface area contributed by atoms with Crippen LogP contribution in [0.4, 0.5) is 5.82 Å². The first kappa shape index (κ1) is 11.3. The Bertz CT molecular complexity index is 367. The number of rotatable bonds is 3. The minimum atomic E-state index is 0.352. The SMILES string of the molecule is Cc1cnc(C)c(NCC2CCOC2C)n1. The van der Waals surface area contributed by atoms with Crippen LogP contribution in [-0.2, 0) is 4.74 Å². The number of nitrogens with zero attached hydrogens (tertiary/aromatic N) is 2. The molecule has 16 heavy (non-hydrogen) atoms. The van der Waals surface area contributed by atoms with Crippen molar-refractivity contribution in [3.05, 3.63) is 17.6 Å². The molecule has 4 heteroatoms. The Hall–Kier alpha value is -1.16. The van der Waals surface area contributed by atoms with E-state index in [1.165, 1.54) is 0 Å². The van der Waals surface area contributed by atoms with Crippen LogP contribution in [-0.4, -0.2) is 29.2 Å². The third-order valence-electron chi connectivity index (χ3n) is 3.14. The Morgan fingerprint density at radius 1 is 1.50 bits per heavy atom. The molecule has 2 unspecified atom stereocenters. The number of aryl methyl sites for hydroxylation is 2. The van der Waals surface area contributed by atoms with Crippen molar-refractivity contribution in [2.75, 3.05) is 18.5 Å². The lowest BCUT2D eigenvalue weighted by molar-refractivity contribution is 0.108. The van der Waals surface area contributed by atoms with Crippen LogP contribution < -0.4 is 5.32 Å². The largest absolute Gasteiger partial charge is 0.378 e.